The Labute approximate surface area is 229 Å². The molecule has 0 radical (unpaired) electrons. The lowest BCUT2D eigenvalue weighted by atomic mass is 10.1. The summed E-state index contributed by atoms with van der Waals surface area (Å²) in [5.41, 5.74) is 0.521. The Hall–Kier alpha value is -2.73. The van der Waals surface area contributed by atoms with Crippen LogP contribution in [0.4, 0.5) is 18.3 Å². The molecule has 0 unspecified atom stereocenters. The van der Waals surface area contributed by atoms with Gasteiger partial charge in [-0.05, 0) is 35.8 Å². The zero-order chi connectivity index (χ0) is 26.6. The molecule has 1 saturated heterocycles. The first-order chi connectivity index (χ1) is 17.6. The topological polar surface area (TPSA) is 62.3 Å². The first-order valence-electron chi connectivity index (χ1n) is 11.0. The monoisotopic (exact) mass is 581 g/mol. The van der Waals surface area contributed by atoms with Crippen molar-refractivity contribution >= 4 is 74.3 Å². The van der Waals surface area contributed by atoms with Crippen LogP contribution in [0.2, 0.25) is 5.02 Å². The molecule has 1 aromatic heterocycles. The number of carbonyl (C=O) groups excluding carboxylic acids is 2. The lowest BCUT2D eigenvalue weighted by Crippen LogP contribution is -2.29. The van der Waals surface area contributed by atoms with Gasteiger partial charge in [0.2, 0.25) is 5.91 Å². The number of alkyl halides is 3. The fourth-order valence-corrected chi connectivity index (χ4v) is 5.86. The summed E-state index contributed by atoms with van der Waals surface area (Å²) in [5.74, 6) is -0.508. The van der Waals surface area contributed by atoms with Crippen LogP contribution in [0, 0.1) is 0 Å². The van der Waals surface area contributed by atoms with E-state index in [-0.39, 0.29) is 31.2 Å². The molecule has 2 amide bonds. The highest BCUT2D eigenvalue weighted by molar-refractivity contribution is 8.26. The highest BCUT2D eigenvalue weighted by Gasteiger charge is 2.32. The molecule has 0 bridgehead atoms. The lowest BCUT2D eigenvalue weighted by Gasteiger charge is -2.13. The number of rotatable bonds is 8. The number of nitrogens with zero attached hydrogens (tertiary/aromatic N) is 2. The number of thiazole rings is 1. The number of hydrogen-bond donors (Lipinski definition) is 1. The summed E-state index contributed by atoms with van der Waals surface area (Å²) in [7, 11) is 0. The first kappa shape index (κ1) is 27.3. The third-order valence-corrected chi connectivity index (χ3v) is 7.92. The Kier molecular flexibility index (Phi) is 8.68. The van der Waals surface area contributed by atoms with Gasteiger partial charge in [0.1, 0.15) is 4.32 Å². The molecule has 0 spiro atoms. The number of benzene rings is 2. The maximum Gasteiger partial charge on any atom is 0.416 e. The zero-order valence-corrected chi connectivity index (χ0v) is 22.3. The largest absolute Gasteiger partial charge is 0.416 e. The third-order valence-electron chi connectivity index (χ3n) is 5.28. The molecule has 1 fully saturated rings. The molecule has 0 aliphatic carbocycles. The van der Waals surface area contributed by atoms with Crippen LogP contribution in [0.15, 0.2) is 59.6 Å². The van der Waals surface area contributed by atoms with E-state index in [9.17, 15) is 22.8 Å². The van der Waals surface area contributed by atoms with E-state index in [0.717, 1.165) is 22.6 Å². The van der Waals surface area contributed by atoms with Gasteiger partial charge in [-0.1, -0.05) is 72.0 Å². The van der Waals surface area contributed by atoms with Gasteiger partial charge in [-0.25, -0.2) is 4.98 Å². The number of thioether (sulfide) groups is 1. The van der Waals surface area contributed by atoms with Crippen molar-refractivity contribution in [2.45, 2.75) is 25.4 Å². The molecule has 192 valence electrons. The van der Waals surface area contributed by atoms with Gasteiger partial charge in [-0.3, -0.25) is 14.5 Å². The highest BCUT2D eigenvalue weighted by Crippen LogP contribution is 2.34. The molecule has 12 heteroatoms. The minimum Gasteiger partial charge on any atom is -0.302 e. The highest BCUT2D eigenvalue weighted by atomic mass is 35.5. The van der Waals surface area contributed by atoms with Crippen LogP contribution < -0.4 is 5.32 Å². The number of thiocarbonyl (C=S) groups is 1. The Balaban J connectivity index is 1.27. The predicted octanol–water partition coefficient (Wildman–Crippen LogP) is 7.03. The summed E-state index contributed by atoms with van der Waals surface area (Å²) in [6.45, 7) is 0.288. The standard InChI is InChI=1S/C25H19ClF3N3O2S3/c26-19-8-2-1-6-16(19)13-20-22(34)32(24(35)37-20)10-4-9-21(33)31-23-30-14-18(36-23)12-15-5-3-7-17(11-15)25(27,28)29/h1-3,5-8,11,13-14H,4,9-10,12H2,(H,30,31,33)/b20-13+. The quantitative estimate of drug-likeness (QED) is 0.229. The molecule has 1 aliphatic rings. The predicted molar refractivity (Wildman–Crippen MR) is 146 cm³/mol. The Bertz CT molecular complexity index is 1370. The summed E-state index contributed by atoms with van der Waals surface area (Å²) < 4.78 is 39.2. The zero-order valence-electron chi connectivity index (χ0n) is 19.0. The van der Waals surface area contributed by atoms with E-state index >= 15 is 0 Å². The van der Waals surface area contributed by atoms with Crippen molar-refractivity contribution in [1.29, 1.82) is 0 Å². The molecule has 2 aromatic carbocycles. The van der Waals surface area contributed by atoms with E-state index in [0.29, 0.717) is 31.4 Å². The minimum absolute atomic E-state index is 0.142. The molecule has 4 rings (SSSR count). The number of anilines is 1. The summed E-state index contributed by atoms with van der Waals surface area (Å²) in [5, 5.41) is 3.59. The van der Waals surface area contributed by atoms with Crippen LogP contribution in [0.1, 0.15) is 34.4 Å². The van der Waals surface area contributed by atoms with E-state index in [1.54, 1.807) is 24.3 Å². The normalized spacial score (nSPS) is 15.0. The number of aromatic nitrogens is 1. The van der Waals surface area contributed by atoms with Crippen LogP contribution in [-0.4, -0.2) is 32.6 Å². The molecular formula is C25H19ClF3N3O2S3. The fraction of sp³-hybridized carbons (Fsp3) is 0.200. The summed E-state index contributed by atoms with van der Waals surface area (Å²) >= 11 is 13.9. The maximum atomic E-state index is 12.9. The van der Waals surface area contributed by atoms with Gasteiger partial charge in [0, 0.05) is 35.5 Å². The van der Waals surface area contributed by atoms with Gasteiger partial charge in [0.25, 0.3) is 5.91 Å². The molecule has 5 nitrogen and oxygen atoms in total. The smallest absolute Gasteiger partial charge is 0.302 e. The van der Waals surface area contributed by atoms with Gasteiger partial charge in [0.15, 0.2) is 5.13 Å². The number of carbonyl (C=O) groups is 2. The number of hydrogen-bond acceptors (Lipinski definition) is 6. The van der Waals surface area contributed by atoms with Crippen molar-refractivity contribution < 1.29 is 22.8 Å². The van der Waals surface area contributed by atoms with Crippen molar-refractivity contribution in [2.75, 3.05) is 11.9 Å². The molecule has 0 saturated carbocycles. The van der Waals surface area contributed by atoms with E-state index < -0.39 is 11.7 Å². The van der Waals surface area contributed by atoms with Crippen molar-refractivity contribution in [3.05, 3.63) is 86.2 Å². The molecule has 3 aromatic rings. The average molecular weight is 582 g/mol. The van der Waals surface area contributed by atoms with Gasteiger partial charge in [-0.2, -0.15) is 13.2 Å². The number of halogens is 4. The molecule has 0 atom stereocenters. The second kappa shape index (κ2) is 11.8. The number of nitrogens with one attached hydrogen (secondary N) is 1. The Morgan fingerprint density at radius 2 is 1.97 bits per heavy atom. The van der Waals surface area contributed by atoms with Crippen LogP contribution in [0.5, 0.6) is 0 Å². The van der Waals surface area contributed by atoms with Crippen molar-refractivity contribution in [1.82, 2.24) is 9.88 Å². The number of amides is 2. The summed E-state index contributed by atoms with van der Waals surface area (Å²) in [6, 6.07) is 12.3. The lowest BCUT2D eigenvalue weighted by molar-refractivity contribution is -0.137. The van der Waals surface area contributed by atoms with Crippen LogP contribution in [-0.2, 0) is 22.2 Å². The van der Waals surface area contributed by atoms with Gasteiger partial charge in [0.05, 0.1) is 10.5 Å². The Morgan fingerprint density at radius 1 is 1.19 bits per heavy atom. The SMILES string of the molecule is O=C(CCCN1C(=O)/C(=C\c2ccccc2Cl)SC1=S)Nc1ncc(Cc2cccc(C(F)(F)F)c2)s1. The van der Waals surface area contributed by atoms with Gasteiger partial charge >= 0.3 is 6.18 Å². The van der Waals surface area contributed by atoms with Crippen molar-refractivity contribution in [3.63, 3.8) is 0 Å². The van der Waals surface area contributed by atoms with E-state index in [2.05, 4.69) is 10.3 Å². The molecule has 1 aliphatic heterocycles. The Morgan fingerprint density at radius 3 is 2.73 bits per heavy atom. The second-order valence-electron chi connectivity index (χ2n) is 8.01. The first-order valence-corrected chi connectivity index (χ1v) is 13.4. The summed E-state index contributed by atoms with van der Waals surface area (Å²) in [4.78, 5) is 31.9. The van der Waals surface area contributed by atoms with Crippen LogP contribution in [0.25, 0.3) is 6.08 Å². The van der Waals surface area contributed by atoms with Crippen molar-refractivity contribution in [3.8, 4) is 0 Å². The minimum atomic E-state index is -4.40. The van der Waals surface area contributed by atoms with E-state index in [1.807, 2.05) is 12.1 Å². The fourth-order valence-electron chi connectivity index (χ4n) is 3.51. The van der Waals surface area contributed by atoms with E-state index in [1.165, 1.54) is 40.3 Å². The molecular weight excluding hydrogens is 563 g/mol. The van der Waals surface area contributed by atoms with Gasteiger partial charge in [-0.15, -0.1) is 11.3 Å². The van der Waals surface area contributed by atoms with E-state index in [4.69, 9.17) is 23.8 Å². The van der Waals surface area contributed by atoms with Crippen LogP contribution >= 0.6 is 46.9 Å². The summed E-state index contributed by atoms with van der Waals surface area (Å²) in [6.07, 6.45) is -0.366. The van der Waals surface area contributed by atoms with Crippen LogP contribution in [0.3, 0.4) is 0 Å². The average Bonchev–Trinajstić information content (AvgIpc) is 3.38. The maximum absolute atomic E-state index is 12.9. The molecule has 1 N–H and O–H groups in total. The third kappa shape index (κ3) is 7.19. The van der Waals surface area contributed by atoms with Crippen molar-refractivity contribution in [2.24, 2.45) is 0 Å². The molecule has 37 heavy (non-hydrogen) atoms. The van der Waals surface area contributed by atoms with Gasteiger partial charge < -0.3 is 5.32 Å². The molecule has 2 heterocycles. The second-order valence-corrected chi connectivity index (χ2v) is 11.2.